The van der Waals surface area contributed by atoms with Gasteiger partial charge >= 0.3 is 0 Å². The third-order valence-electron chi connectivity index (χ3n) is 3.78. The summed E-state index contributed by atoms with van der Waals surface area (Å²) in [4.78, 5) is 0. The van der Waals surface area contributed by atoms with Crippen LogP contribution in [0.3, 0.4) is 0 Å². The van der Waals surface area contributed by atoms with Crippen LogP contribution in [0.4, 0.5) is 0 Å². The van der Waals surface area contributed by atoms with Gasteiger partial charge in [0.05, 0.1) is 77.3 Å². The maximum absolute atomic E-state index is 8.60. The monoisotopic (exact) mass is 364 g/mol. The molecule has 0 radical (unpaired) electrons. The van der Waals surface area contributed by atoms with Gasteiger partial charge in [-0.2, -0.15) is 0 Å². The molecule has 7 nitrogen and oxygen atoms in total. The second-order valence-electron chi connectivity index (χ2n) is 6.48. The average molecular weight is 364 g/mol. The molecule has 1 heterocycles. The van der Waals surface area contributed by atoms with Crippen LogP contribution in [0.25, 0.3) is 0 Å². The summed E-state index contributed by atoms with van der Waals surface area (Å²) >= 11 is 0. The molecule has 0 bridgehead atoms. The summed E-state index contributed by atoms with van der Waals surface area (Å²) in [5.41, 5.74) is 0. The highest BCUT2D eigenvalue weighted by molar-refractivity contribution is 4.64. The molecular weight excluding hydrogens is 328 g/mol. The van der Waals surface area contributed by atoms with E-state index in [1.165, 1.54) is 0 Å². The van der Waals surface area contributed by atoms with Crippen molar-refractivity contribution in [2.24, 2.45) is 0 Å². The molecule has 0 saturated carbocycles. The lowest BCUT2D eigenvalue weighted by Gasteiger charge is -2.20. The minimum absolute atomic E-state index is 0.00250. The lowest BCUT2D eigenvalue weighted by atomic mass is 10.2. The summed E-state index contributed by atoms with van der Waals surface area (Å²) < 4.78 is 33.3. The first-order valence-electron chi connectivity index (χ1n) is 9.34. The molecule has 1 N–H and O–H groups in total. The molecule has 1 aliphatic rings. The van der Waals surface area contributed by atoms with E-state index in [1.54, 1.807) is 0 Å². The Balaban J connectivity index is 1.93. The molecule has 0 aromatic rings. The molecule has 0 aliphatic carbocycles. The number of rotatable bonds is 16. The molecular formula is C18H36O7. The lowest BCUT2D eigenvalue weighted by molar-refractivity contribution is -0.0887. The van der Waals surface area contributed by atoms with Crippen LogP contribution in [-0.4, -0.2) is 89.0 Å². The van der Waals surface area contributed by atoms with Crippen LogP contribution in [0.1, 0.15) is 33.6 Å². The van der Waals surface area contributed by atoms with E-state index in [-0.39, 0.29) is 31.0 Å². The van der Waals surface area contributed by atoms with E-state index in [0.717, 1.165) is 19.4 Å². The zero-order chi connectivity index (χ0) is 18.3. The first kappa shape index (κ1) is 22.8. The molecule has 0 spiro atoms. The first-order valence-corrected chi connectivity index (χ1v) is 9.34. The minimum atomic E-state index is -0.00709. The first-order chi connectivity index (χ1) is 12.1. The van der Waals surface area contributed by atoms with E-state index in [1.807, 2.05) is 20.8 Å². The number of ether oxygens (including phenoxy) is 6. The minimum Gasteiger partial charge on any atom is -0.394 e. The van der Waals surface area contributed by atoms with Gasteiger partial charge in [-0.25, -0.2) is 0 Å². The Morgan fingerprint density at radius 2 is 1.56 bits per heavy atom. The van der Waals surface area contributed by atoms with Crippen molar-refractivity contribution in [2.45, 2.75) is 58.0 Å². The Labute approximate surface area is 151 Å². The second kappa shape index (κ2) is 14.8. The van der Waals surface area contributed by atoms with E-state index in [9.17, 15) is 0 Å². The highest BCUT2D eigenvalue weighted by Crippen LogP contribution is 2.12. The van der Waals surface area contributed by atoms with Gasteiger partial charge in [0.25, 0.3) is 0 Å². The zero-order valence-electron chi connectivity index (χ0n) is 16.0. The predicted octanol–water partition coefficient (Wildman–Crippen LogP) is 1.41. The maximum atomic E-state index is 8.60. The fourth-order valence-corrected chi connectivity index (χ4v) is 2.36. The standard InChI is InChI=1S/C18H36O7/c1-15(11-21-14-18-5-4-7-23-18)24-13-17(3)25-12-16(2)22-10-9-20-8-6-19/h15-19H,4-14H2,1-3H3. The van der Waals surface area contributed by atoms with Gasteiger partial charge < -0.3 is 33.5 Å². The normalized spacial score (nSPS) is 21.4. The Hall–Kier alpha value is -0.280. The molecule has 4 atom stereocenters. The van der Waals surface area contributed by atoms with Crippen LogP contribution in [0.15, 0.2) is 0 Å². The van der Waals surface area contributed by atoms with E-state index in [2.05, 4.69) is 0 Å². The number of aliphatic hydroxyl groups excluding tert-OH is 1. The van der Waals surface area contributed by atoms with Gasteiger partial charge in [-0.05, 0) is 33.6 Å². The van der Waals surface area contributed by atoms with Crippen molar-refractivity contribution in [1.82, 2.24) is 0 Å². The van der Waals surface area contributed by atoms with Crippen molar-refractivity contribution in [3.8, 4) is 0 Å². The molecule has 7 heteroatoms. The summed E-state index contributed by atoms with van der Waals surface area (Å²) in [6.45, 7) is 10.4. The lowest BCUT2D eigenvalue weighted by Crippen LogP contribution is -2.27. The predicted molar refractivity (Wildman–Crippen MR) is 93.9 cm³/mol. The molecule has 4 unspecified atom stereocenters. The van der Waals surface area contributed by atoms with Crippen molar-refractivity contribution in [1.29, 1.82) is 0 Å². The Morgan fingerprint density at radius 3 is 2.20 bits per heavy atom. The highest BCUT2D eigenvalue weighted by Gasteiger charge is 2.16. The molecule has 0 aromatic carbocycles. The van der Waals surface area contributed by atoms with Gasteiger partial charge in [0.1, 0.15) is 0 Å². The quantitative estimate of drug-likeness (QED) is 0.415. The Morgan fingerprint density at radius 1 is 0.880 bits per heavy atom. The molecule has 1 saturated heterocycles. The van der Waals surface area contributed by atoms with Crippen LogP contribution in [0.2, 0.25) is 0 Å². The van der Waals surface area contributed by atoms with Crippen molar-refractivity contribution < 1.29 is 33.5 Å². The number of aliphatic hydroxyl groups is 1. The van der Waals surface area contributed by atoms with Crippen LogP contribution in [0, 0.1) is 0 Å². The third-order valence-corrected chi connectivity index (χ3v) is 3.78. The molecule has 1 rings (SSSR count). The fourth-order valence-electron chi connectivity index (χ4n) is 2.36. The third kappa shape index (κ3) is 12.7. The van der Waals surface area contributed by atoms with Crippen LogP contribution in [-0.2, 0) is 28.4 Å². The topological polar surface area (TPSA) is 75.6 Å². The fraction of sp³-hybridized carbons (Fsp3) is 1.00. The highest BCUT2D eigenvalue weighted by atomic mass is 16.6. The van der Waals surface area contributed by atoms with E-state index in [0.29, 0.717) is 46.2 Å². The van der Waals surface area contributed by atoms with Crippen molar-refractivity contribution in [3.63, 3.8) is 0 Å². The summed E-state index contributed by atoms with van der Waals surface area (Å²) in [5.74, 6) is 0. The SMILES string of the molecule is CC(COCC1CCCO1)OCC(C)OCC(C)OCCOCCO. The summed E-state index contributed by atoms with van der Waals surface area (Å²) in [6, 6.07) is 0. The summed E-state index contributed by atoms with van der Waals surface area (Å²) in [5, 5.41) is 8.60. The average Bonchev–Trinajstić information content (AvgIpc) is 3.11. The van der Waals surface area contributed by atoms with Gasteiger partial charge in [-0.1, -0.05) is 0 Å². The van der Waals surface area contributed by atoms with E-state index >= 15 is 0 Å². The molecule has 25 heavy (non-hydrogen) atoms. The maximum Gasteiger partial charge on any atom is 0.0809 e. The Kier molecular flexibility index (Phi) is 13.5. The molecule has 1 aliphatic heterocycles. The van der Waals surface area contributed by atoms with Crippen molar-refractivity contribution in [2.75, 3.05) is 59.5 Å². The van der Waals surface area contributed by atoms with Crippen LogP contribution >= 0.6 is 0 Å². The van der Waals surface area contributed by atoms with Gasteiger partial charge in [0, 0.05) is 6.61 Å². The summed E-state index contributed by atoms with van der Waals surface area (Å²) in [7, 11) is 0. The smallest absolute Gasteiger partial charge is 0.0809 e. The van der Waals surface area contributed by atoms with Gasteiger partial charge in [0.2, 0.25) is 0 Å². The van der Waals surface area contributed by atoms with Crippen LogP contribution < -0.4 is 0 Å². The number of hydrogen-bond acceptors (Lipinski definition) is 7. The zero-order valence-corrected chi connectivity index (χ0v) is 16.0. The van der Waals surface area contributed by atoms with E-state index in [4.69, 9.17) is 33.5 Å². The largest absolute Gasteiger partial charge is 0.394 e. The van der Waals surface area contributed by atoms with Gasteiger partial charge in [-0.15, -0.1) is 0 Å². The molecule has 0 aromatic heterocycles. The van der Waals surface area contributed by atoms with Gasteiger partial charge in [0.15, 0.2) is 0 Å². The molecule has 150 valence electrons. The van der Waals surface area contributed by atoms with Gasteiger partial charge in [-0.3, -0.25) is 0 Å². The number of hydrogen-bond donors (Lipinski definition) is 1. The Bertz CT molecular complexity index is 297. The van der Waals surface area contributed by atoms with Crippen molar-refractivity contribution >= 4 is 0 Å². The second-order valence-corrected chi connectivity index (χ2v) is 6.48. The van der Waals surface area contributed by atoms with E-state index < -0.39 is 0 Å². The summed E-state index contributed by atoms with van der Waals surface area (Å²) in [6.07, 6.45) is 2.50. The molecule has 1 fully saturated rings. The molecule has 0 amide bonds. The van der Waals surface area contributed by atoms with Crippen LogP contribution in [0.5, 0.6) is 0 Å². The van der Waals surface area contributed by atoms with Crippen molar-refractivity contribution in [3.05, 3.63) is 0 Å².